The zero-order valence-electron chi connectivity index (χ0n) is 14.4. The molecule has 2 heterocycles. The summed E-state index contributed by atoms with van der Waals surface area (Å²) in [5.41, 5.74) is 0.436. The number of aromatic nitrogens is 2. The van der Waals surface area contributed by atoms with Crippen LogP contribution in [-0.4, -0.2) is 46.8 Å². The van der Waals surface area contributed by atoms with Gasteiger partial charge in [-0.3, -0.25) is 9.67 Å². The molecule has 1 unspecified atom stereocenters. The molecule has 0 amide bonds. The minimum atomic E-state index is 0.436. The summed E-state index contributed by atoms with van der Waals surface area (Å²) in [6.45, 7) is 11.6. The second kappa shape index (κ2) is 8.20. The maximum atomic E-state index is 4.81. The Hall–Kier alpha value is -1.52. The highest BCUT2D eigenvalue weighted by molar-refractivity contribution is 5.80. The summed E-state index contributed by atoms with van der Waals surface area (Å²) < 4.78 is 1.93. The molecule has 22 heavy (non-hydrogen) atoms. The topological polar surface area (TPSA) is 45.5 Å². The Morgan fingerprint density at radius 2 is 2.27 bits per heavy atom. The van der Waals surface area contributed by atoms with Crippen molar-refractivity contribution in [3.8, 4) is 0 Å². The summed E-state index contributed by atoms with van der Waals surface area (Å²) in [5, 5.41) is 7.69. The molecule has 0 aliphatic carbocycles. The van der Waals surface area contributed by atoms with Crippen molar-refractivity contribution in [2.75, 3.05) is 26.2 Å². The predicted octanol–water partition coefficient (Wildman–Crippen LogP) is 2.75. The number of guanidine groups is 1. The molecule has 124 valence electrons. The molecule has 1 aliphatic heterocycles. The first kappa shape index (κ1) is 16.8. The van der Waals surface area contributed by atoms with E-state index < -0.39 is 0 Å². The van der Waals surface area contributed by atoms with Gasteiger partial charge in [-0.2, -0.15) is 5.10 Å². The van der Waals surface area contributed by atoms with E-state index in [1.54, 1.807) is 0 Å². The summed E-state index contributed by atoms with van der Waals surface area (Å²) in [4.78, 5) is 7.26. The molecule has 2 rings (SSSR count). The van der Waals surface area contributed by atoms with E-state index in [-0.39, 0.29) is 0 Å². The summed E-state index contributed by atoms with van der Waals surface area (Å²) >= 11 is 0. The maximum Gasteiger partial charge on any atom is 0.193 e. The van der Waals surface area contributed by atoms with Crippen molar-refractivity contribution in [3.63, 3.8) is 0 Å². The van der Waals surface area contributed by atoms with Crippen LogP contribution in [0.25, 0.3) is 0 Å². The minimum absolute atomic E-state index is 0.436. The van der Waals surface area contributed by atoms with Crippen molar-refractivity contribution in [2.45, 2.75) is 53.0 Å². The first-order valence-corrected chi connectivity index (χ1v) is 8.67. The Morgan fingerprint density at radius 3 is 2.95 bits per heavy atom. The van der Waals surface area contributed by atoms with Gasteiger partial charge >= 0.3 is 0 Å². The first-order chi connectivity index (χ1) is 10.7. The maximum absolute atomic E-state index is 4.81. The lowest BCUT2D eigenvalue weighted by atomic mass is 9.78. The molecule has 1 N–H and O–H groups in total. The van der Waals surface area contributed by atoms with E-state index in [2.05, 4.69) is 36.1 Å². The van der Waals surface area contributed by atoms with Crippen molar-refractivity contribution in [1.82, 2.24) is 20.0 Å². The van der Waals surface area contributed by atoms with Gasteiger partial charge in [0, 0.05) is 32.0 Å². The molecule has 1 aromatic heterocycles. The van der Waals surface area contributed by atoms with Gasteiger partial charge in [-0.25, -0.2) is 0 Å². The molecule has 1 atom stereocenters. The first-order valence-electron chi connectivity index (χ1n) is 8.67. The standard InChI is InChI=1S/C17H31N5/c1-4-8-17(3)9-6-12-21(15-17)16(18-5-2)19-11-14-22-13-7-10-20-22/h7,10,13H,4-6,8-9,11-12,14-15H2,1-3H3,(H,18,19). The number of hydrogen-bond acceptors (Lipinski definition) is 2. The van der Waals surface area contributed by atoms with Crippen LogP contribution in [0.5, 0.6) is 0 Å². The van der Waals surface area contributed by atoms with Gasteiger partial charge in [-0.15, -0.1) is 0 Å². The third-order valence-corrected chi connectivity index (χ3v) is 4.42. The number of nitrogens with zero attached hydrogens (tertiary/aromatic N) is 4. The molecular weight excluding hydrogens is 274 g/mol. The number of nitrogens with one attached hydrogen (secondary N) is 1. The number of piperidine rings is 1. The number of hydrogen-bond donors (Lipinski definition) is 1. The predicted molar refractivity (Wildman–Crippen MR) is 92.0 cm³/mol. The Kier molecular flexibility index (Phi) is 6.28. The van der Waals surface area contributed by atoms with Crippen LogP contribution in [0.15, 0.2) is 23.5 Å². The number of rotatable bonds is 6. The van der Waals surface area contributed by atoms with Gasteiger partial charge in [0.1, 0.15) is 0 Å². The van der Waals surface area contributed by atoms with Crippen LogP contribution < -0.4 is 5.32 Å². The van der Waals surface area contributed by atoms with Crippen LogP contribution in [0.1, 0.15) is 46.5 Å². The molecule has 0 aromatic carbocycles. The van der Waals surface area contributed by atoms with Gasteiger partial charge in [0.25, 0.3) is 0 Å². The normalized spacial score (nSPS) is 22.9. The van der Waals surface area contributed by atoms with Gasteiger partial charge in [0.15, 0.2) is 5.96 Å². The molecule has 1 fully saturated rings. The largest absolute Gasteiger partial charge is 0.357 e. The van der Waals surface area contributed by atoms with Crippen LogP contribution in [0, 0.1) is 5.41 Å². The third kappa shape index (κ3) is 4.75. The molecule has 0 bridgehead atoms. The quantitative estimate of drug-likeness (QED) is 0.649. The van der Waals surface area contributed by atoms with E-state index in [9.17, 15) is 0 Å². The van der Waals surface area contributed by atoms with Gasteiger partial charge in [-0.1, -0.05) is 20.3 Å². The number of likely N-dealkylation sites (tertiary alicyclic amines) is 1. The van der Waals surface area contributed by atoms with Crippen LogP contribution >= 0.6 is 0 Å². The molecule has 5 heteroatoms. The Labute approximate surface area is 134 Å². The molecule has 1 aliphatic rings. The highest BCUT2D eigenvalue weighted by Gasteiger charge is 2.31. The summed E-state index contributed by atoms with van der Waals surface area (Å²) in [5.74, 6) is 1.07. The smallest absolute Gasteiger partial charge is 0.193 e. The molecule has 0 saturated carbocycles. The summed E-state index contributed by atoms with van der Waals surface area (Å²) in [6.07, 6.45) is 8.97. The van der Waals surface area contributed by atoms with Gasteiger partial charge < -0.3 is 10.2 Å². The molecule has 0 spiro atoms. The summed E-state index contributed by atoms with van der Waals surface area (Å²) in [7, 11) is 0. The number of aliphatic imine (C=N–C) groups is 1. The summed E-state index contributed by atoms with van der Waals surface area (Å²) in [6, 6.07) is 1.95. The van der Waals surface area contributed by atoms with E-state index in [0.29, 0.717) is 5.41 Å². The molecule has 1 saturated heterocycles. The SMILES string of the molecule is CCCC1(C)CCCN(C(=NCCn2cccn2)NCC)C1. The lowest BCUT2D eigenvalue weighted by molar-refractivity contribution is 0.142. The lowest BCUT2D eigenvalue weighted by Crippen LogP contribution is -2.50. The van der Waals surface area contributed by atoms with Gasteiger partial charge in [0.2, 0.25) is 0 Å². The zero-order valence-corrected chi connectivity index (χ0v) is 14.4. The lowest BCUT2D eigenvalue weighted by Gasteiger charge is -2.42. The molecular formula is C17H31N5. The van der Waals surface area contributed by atoms with E-state index in [0.717, 1.165) is 38.7 Å². The van der Waals surface area contributed by atoms with Crippen LogP contribution in [0.4, 0.5) is 0 Å². The third-order valence-electron chi connectivity index (χ3n) is 4.42. The van der Waals surface area contributed by atoms with Crippen molar-refractivity contribution < 1.29 is 0 Å². The average Bonchev–Trinajstić information content (AvgIpc) is 2.99. The second-order valence-corrected chi connectivity index (χ2v) is 6.59. The highest BCUT2D eigenvalue weighted by Crippen LogP contribution is 2.33. The average molecular weight is 305 g/mol. The molecule has 0 radical (unpaired) electrons. The Morgan fingerprint density at radius 1 is 1.41 bits per heavy atom. The van der Waals surface area contributed by atoms with Crippen molar-refractivity contribution in [2.24, 2.45) is 10.4 Å². The fourth-order valence-corrected chi connectivity index (χ4v) is 3.42. The van der Waals surface area contributed by atoms with Crippen LogP contribution in [0.2, 0.25) is 0 Å². The van der Waals surface area contributed by atoms with Crippen molar-refractivity contribution in [1.29, 1.82) is 0 Å². The van der Waals surface area contributed by atoms with Gasteiger partial charge in [0.05, 0.1) is 13.1 Å². The van der Waals surface area contributed by atoms with E-state index in [1.807, 2.05) is 23.1 Å². The van der Waals surface area contributed by atoms with Crippen LogP contribution in [-0.2, 0) is 6.54 Å². The fraction of sp³-hybridized carbons (Fsp3) is 0.765. The fourth-order valence-electron chi connectivity index (χ4n) is 3.42. The minimum Gasteiger partial charge on any atom is -0.357 e. The van der Waals surface area contributed by atoms with E-state index >= 15 is 0 Å². The zero-order chi connectivity index (χ0) is 15.8. The highest BCUT2D eigenvalue weighted by atomic mass is 15.3. The molecule has 5 nitrogen and oxygen atoms in total. The second-order valence-electron chi connectivity index (χ2n) is 6.59. The van der Waals surface area contributed by atoms with Crippen LogP contribution in [0.3, 0.4) is 0 Å². The Balaban J connectivity index is 1.96. The van der Waals surface area contributed by atoms with Crippen molar-refractivity contribution in [3.05, 3.63) is 18.5 Å². The van der Waals surface area contributed by atoms with Crippen molar-refractivity contribution >= 4 is 5.96 Å². The van der Waals surface area contributed by atoms with Gasteiger partial charge in [-0.05, 0) is 37.7 Å². The monoisotopic (exact) mass is 305 g/mol. The van der Waals surface area contributed by atoms with E-state index in [1.165, 1.54) is 25.7 Å². The Bertz CT molecular complexity index is 450. The van der Waals surface area contributed by atoms with E-state index in [4.69, 9.17) is 4.99 Å². The molecule has 1 aromatic rings.